The van der Waals surface area contributed by atoms with Crippen LogP contribution in [0, 0.1) is 5.92 Å². The van der Waals surface area contributed by atoms with E-state index >= 15 is 0 Å². The zero-order valence-corrected chi connectivity index (χ0v) is 21.0. The van der Waals surface area contributed by atoms with Gasteiger partial charge in [0.1, 0.15) is 11.6 Å². The van der Waals surface area contributed by atoms with Gasteiger partial charge in [0.05, 0.1) is 17.3 Å². The first-order valence-corrected chi connectivity index (χ1v) is 13.0. The van der Waals surface area contributed by atoms with Gasteiger partial charge in [0.25, 0.3) is 15.9 Å². The van der Waals surface area contributed by atoms with Crippen LogP contribution < -0.4 is 15.4 Å². The number of aromatic nitrogens is 4. The van der Waals surface area contributed by atoms with Crippen LogP contribution in [-0.4, -0.2) is 46.6 Å². The van der Waals surface area contributed by atoms with Crippen molar-refractivity contribution in [1.29, 1.82) is 0 Å². The van der Waals surface area contributed by atoms with Gasteiger partial charge < -0.3 is 10.6 Å². The number of amides is 1. The predicted molar refractivity (Wildman–Crippen MR) is 138 cm³/mol. The number of nitrogens with zero attached hydrogens (tertiary/aromatic N) is 4. The number of H-pyrrole nitrogens is 1. The largest absolute Gasteiger partial charge is 0.384 e. The van der Waals surface area contributed by atoms with Crippen molar-refractivity contribution >= 4 is 38.5 Å². The van der Waals surface area contributed by atoms with Crippen LogP contribution in [0.4, 0.5) is 11.6 Å². The Balaban J connectivity index is 1.62. The average Bonchev–Trinajstić information content (AvgIpc) is 3.41. The Kier molecular flexibility index (Phi) is 5.67. The first-order chi connectivity index (χ1) is 17.0. The second kappa shape index (κ2) is 8.59. The van der Waals surface area contributed by atoms with Crippen molar-refractivity contribution in [3.8, 4) is 11.1 Å². The molecule has 5 rings (SSSR count). The third-order valence-corrected chi connectivity index (χ3v) is 7.72. The predicted octanol–water partition coefficient (Wildman–Crippen LogP) is 3.35. The quantitative estimate of drug-likeness (QED) is 0.374. The van der Waals surface area contributed by atoms with Crippen molar-refractivity contribution in [1.82, 2.24) is 24.9 Å². The third-order valence-electron chi connectivity index (χ3n) is 6.48. The van der Waals surface area contributed by atoms with E-state index in [2.05, 4.69) is 45.6 Å². The Morgan fingerprint density at radius 3 is 2.69 bits per heavy atom. The van der Waals surface area contributed by atoms with E-state index < -0.39 is 15.9 Å². The first-order valence-electron chi connectivity index (χ1n) is 11.5. The summed E-state index contributed by atoms with van der Waals surface area (Å²) < 4.78 is 28.1. The monoisotopic (exact) mass is 505 g/mol. The van der Waals surface area contributed by atoms with Crippen molar-refractivity contribution < 1.29 is 13.2 Å². The molecule has 4 heterocycles. The number of hydrogen-bond donors (Lipinski definition) is 3. The van der Waals surface area contributed by atoms with E-state index in [4.69, 9.17) is 10.7 Å². The maximum absolute atomic E-state index is 13.6. The van der Waals surface area contributed by atoms with E-state index in [1.54, 1.807) is 18.5 Å². The number of carbonyl (C=O) groups excluding carboxylic acids is 1. The number of carbonyl (C=O) groups is 1. The number of sulfonamides is 1. The molecular formula is C25H27N7O3S. The maximum Gasteiger partial charge on any atom is 0.281 e. The fourth-order valence-corrected chi connectivity index (χ4v) is 5.92. The summed E-state index contributed by atoms with van der Waals surface area (Å²) in [5, 5.41) is 7.58. The van der Waals surface area contributed by atoms with Gasteiger partial charge in [-0.3, -0.25) is 9.89 Å². The Morgan fingerprint density at radius 1 is 1.19 bits per heavy atom. The van der Waals surface area contributed by atoms with Crippen LogP contribution in [0.15, 0.2) is 59.9 Å². The van der Waals surface area contributed by atoms with Gasteiger partial charge in [-0.15, -0.1) is 0 Å². The molecule has 3 aromatic heterocycles. The molecule has 10 nitrogen and oxygen atoms in total. The lowest BCUT2D eigenvalue weighted by atomic mass is 9.97. The SMILES string of the molecule is CC1CN(c2ncc(-c3cccc4[nH]ncc34)cc2C(=O)NS(=O)(=O)c2cccc(N)n2)C(C)(C)C1. The van der Waals surface area contributed by atoms with Crippen LogP contribution in [0.1, 0.15) is 37.6 Å². The minimum absolute atomic E-state index is 0.0377. The van der Waals surface area contributed by atoms with E-state index in [1.165, 1.54) is 18.2 Å². The number of pyridine rings is 2. The summed E-state index contributed by atoms with van der Waals surface area (Å²) in [5.74, 6) is 0.0620. The summed E-state index contributed by atoms with van der Waals surface area (Å²) in [6.45, 7) is 7.02. The number of anilines is 2. The highest BCUT2D eigenvalue weighted by atomic mass is 32.2. The Bertz CT molecular complexity index is 1580. The molecule has 1 atom stereocenters. The standard InChI is InChI=1S/C25H27N7O3S/c1-15-11-25(2,3)32(14-15)23-18(24(33)31-36(34,35)22-9-5-8-21(26)29-22)10-16(12-27-23)17-6-4-7-20-19(17)13-28-30-20/h4-10,12-13,15H,11,14H2,1-3H3,(H2,26,29)(H,28,30)(H,31,33). The van der Waals surface area contributed by atoms with Gasteiger partial charge >= 0.3 is 0 Å². The number of fused-ring (bicyclic) bond motifs is 1. The fraction of sp³-hybridized carbons (Fsp3) is 0.280. The molecule has 1 saturated heterocycles. The molecule has 0 saturated carbocycles. The molecule has 0 spiro atoms. The fourth-order valence-electron chi connectivity index (χ4n) is 4.98. The third kappa shape index (κ3) is 4.26. The van der Waals surface area contributed by atoms with Gasteiger partial charge in [-0.1, -0.05) is 25.1 Å². The molecule has 4 N–H and O–H groups in total. The summed E-state index contributed by atoms with van der Waals surface area (Å²) in [6, 6.07) is 11.6. The zero-order valence-electron chi connectivity index (χ0n) is 20.2. The number of nitrogens with two attached hydrogens (primary N) is 1. The second-order valence-electron chi connectivity index (χ2n) is 9.80. The number of rotatable bonds is 5. The van der Waals surface area contributed by atoms with Crippen LogP contribution >= 0.6 is 0 Å². The lowest BCUT2D eigenvalue weighted by Crippen LogP contribution is -2.41. The van der Waals surface area contributed by atoms with E-state index in [9.17, 15) is 13.2 Å². The molecule has 1 fully saturated rings. The molecule has 1 amide bonds. The Labute approximate surface area is 209 Å². The maximum atomic E-state index is 13.6. The van der Waals surface area contributed by atoms with Crippen molar-refractivity contribution in [3.63, 3.8) is 0 Å². The zero-order chi connectivity index (χ0) is 25.7. The van der Waals surface area contributed by atoms with Gasteiger partial charge in [-0.25, -0.2) is 14.7 Å². The molecule has 36 heavy (non-hydrogen) atoms. The van der Waals surface area contributed by atoms with Gasteiger partial charge in [0, 0.05) is 29.2 Å². The second-order valence-corrected chi connectivity index (χ2v) is 11.4. The van der Waals surface area contributed by atoms with Gasteiger partial charge in [0.2, 0.25) is 0 Å². The minimum Gasteiger partial charge on any atom is -0.384 e. The average molecular weight is 506 g/mol. The van der Waals surface area contributed by atoms with E-state index in [0.29, 0.717) is 23.8 Å². The highest BCUT2D eigenvalue weighted by Crippen LogP contribution is 2.38. The number of benzene rings is 1. The van der Waals surface area contributed by atoms with Crippen LogP contribution in [0.3, 0.4) is 0 Å². The van der Waals surface area contributed by atoms with Gasteiger partial charge in [-0.05, 0) is 56.0 Å². The number of aromatic amines is 1. The molecular weight excluding hydrogens is 478 g/mol. The number of nitrogen functional groups attached to an aromatic ring is 1. The Hall–Kier alpha value is -3.99. The molecule has 0 bridgehead atoms. The van der Waals surface area contributed by atoms with Crippen LogP contribution in [0.2, 0.25) is 0 Å². The molecule has 11 heteroatoms. The first kappa shape index (κ1) is 23.7. The van der Waals surface area contributed by atoms with Crippen molar-refractivity contribution in [2.75, 3.05) is 17.2 Å². The molecule has 1 unspecified atom stereocenters. The summed E-state index contributed by atoms with van der Waals surface area (Å²) in [4.78, 5) is 24.2. The highest BCUT2D eigenvalue weighted by molar-refractivity contribution is 7.90. The molecule has 1 aromatic carbocycles. The topological polar surface area (TPSA) is 147 Å². The lowest BCUT2D eigenvalue weighted by molar-refractivity contribution is 0.0981. The minimum atomic E-state index is -4.27. The molecule has 1 aliphatic rings. The lowest BCUT2D eigenvalue weighted by Gasteiger charge is -2.33. The Morgan fingerprint density at radius 2 is 1.97 bits per heavy atom. The smallest absolute Gasteiger partial charge is 0.281 e. The summed E-state index contributed by atoms with van der Waals surface area (Å²) in [7, 11) is -4.27. The molecule has 1 aliphatic heterocycles. The summed E-state index contributed by atoms with van der Waals surface area (Å²) in [6.07, 6.45) is 4.33. The molecule has 0 radical (unpaired) electrons. The van der Waals surface area contributed by atoms with Crippen LogP contribution in [0.25, 0.3) is 22.0 Å². The van der Waals surface area contributed by atoms with Crippen LogP contribution in [-0.2, 0) is 10.0 Å². The van der Waals surface area contributed by atoms with Crippen molar-refractivity contribution in [2.24, 2.45) is 5.92 Å². The molecule has 4 aromatic rings. The normalized spacial score (nSPS) is 17.4. The molecule has 186 valence electrons. The van der Waals surface area contributed by atoms with E-state index in [1.807, 2.05) is 18.2 Å². The number of hydrogen-bond acceptors (Lipinski definition) is 8. The van der Waals surface area contributed by atoms with E-state index in [-0.39, 0.29) is 21.9 Å². The van der Waals surface area contributed by atoms with Crippen molar-refractivity contribution in [2.45, 2.75) is 37.8 Å². The molecule has 0 aliphatic carbocycles. The number of nitrogens with one attached hydrogen (secondary N) is 2. The summed E-state index contributed by atoms with van der Waals surface area (Å²) in [5.41, 5.74) is 7.88. The van der Waals surface area contributed by atoms with E-state index in [0.717, 1.165) is 22.9 Å². The van der Waals surface area contributed by atoms with Gasteiger partial charge in [0.15, 0.2) is 5.03 Å². The van der Waals surface area contributed by atoms with Crippen molar-refractivity contribution in [3.05, 3.63) is 60.4 Å². The van der Waals surface area contributed by atoms with Gasteiger partial charge in [-0.2, -0.15) is 13.5 Å². The van der Waals surface area contributed by atoms with Crippen LogP contribution in [0.5, 0.6) is 0 Å². The summed E-state index contributed by atoms with van der Waals surface area (Å²) >= 11 is 0. The highest BCUT2D eigenvalue weighted by Gasteiger charge is 2.39.